The molecule has 1 atom stereocenters. The molecule has 1 saturated heterocycles. The Morgan fingerprint density at radius 2 is 2.17 bits per heavy atom. The maximum Gasteiger partial charge on any atom is 0.280 e. The Kier molecular flexibility index (Phi) is 5.38. The van der Waals surface area contributed by atoms with Gasteiger partial charge in [0.2, 0.25) is 0 Å². The number of hydrogen-bond acceptors (Lipinski definition) is 6. The Hall–Kier alpha value is -3.56. The van der Waals surface area contributed by atoms with E-state index in [1.54, 1.807) is 12.0 Å². The number of aromatic amines is 1. The summed E-state index contributed by atoms with van der Waals surface area (Å²) >= 11 is 0. The van der Waals surface area contributed by atoms with Crippen molar-refractivity contribution in [3.8, 4) is 0 Å². The molecule has 0 saturated carbocycles. The number of fused-ring (bicyclic) bond motifs is 4. The zero-order valence-corrected chi connectivity index (χ0v) is 19.8. The summed E-state index contributed by atoms with van der Waals surface area (Å²) in [5.41, 5.74) is 4.70. The molecule has 4 aromatic rings. The summed E-state index contributed by atoms with van der Waals surface area (Å²) in [6.07, 6.45) is 4.22. The molecule has 0 aliphatic carbocycles. The first-order valence-electron chi connectivity index (χ1n) is 12.0. The van der Waals surface area contributed by atoms with Crippen molar-refractivity contribution < 1.29 is 14.3 Å². The van der Waals surface area contributed by atoms with Crippen LogP contribution in [0.25, 0.3) is 16.6 Å². The number of aryl methyl sites for hydroxylation is 1. The first-order chi connectivity index (χ1) is 17.1. The summed E-state index contributed by atoms with van der Waals surface area (Å²) in [7, 11) is 1.65. The number of hydrogen-bond donors (Lipinski definition) is 1. The fourth-order valence-electron chi connectivity index (χ4n) is 5.19. The molecule has 6 rings (SSSR count). The summed E-state index contributed by atoms with van der Waals surface area (Å²) in [6.45, 7) is 4.17. The molecule has 3 aromatic heterocycles. The Labute approximate surface area is 201 Å². The molecule has 1 fully saturated rings. The van der Waals surface area contributed by atoms with E-state index < -0.39 is 0 Å². The van der Waals surface area contributed by atoms with E-state index in [4.69, 9.17) is 14.5 Å². The normalized spacial score (nSPS) is 17.5. The SMILES string of the molecule is CCc1cnc2c(c1)CCN2C(=O)c1nc(C2CCOC2)n2c1c(=O)[nH]c1ccc(COC)cc12. The number of anilines is 1. The zero-order valence-electron chi connectivity index (χ0n) is 19.8. The van der Waals surface area contributed by atoms with E-state index in [0.29, 0.717) is 43.5 Å². The Balaban J connectivity index is 1.56. The van der Waals surface area contributed by atoms with Crippen molar-refractivity contribution >= 4 is 28.3 Å². The highest BCUT2D eigenvalue weighted by Gasteiger charge is 2.34. The molecule has 0 spiro atoms. The summed E-state index contributed by atoms with van der Waals surface area (Å²) < 4.78 is 12.8. The van der Waals surface area contributed by atoms with Crippen molar-refractivity contribution in [3.63, 3.8) is 0 Å². The smallest absolute Gasteiger partial charge is 0.280 e. The topological polar surface area (TPSA) is 102 Å². The van der Waals surface area contributed by atoms with Crippen LogP contribution in [0.2, 0.25) is 0 Å². The molecule has 9 heteroatoms. The average Bonchev–Trinajstić information content (AvgIpc) is 3.62. The standard InChI is InChI=1S/C26H27N5O4/c1-3-15-10-17-6-8-30(23(17)27-12-15)26(33)21-22-25(32)28-19-5-4-16(13-34-2)11-20(19)31(22)24(29-21)18-7-9-35-14-18/h4-5,10-12,18H,3,6-9,13-14H2,1-2H3,(H,28,32). The number of nitrogens with one attached hydrogen (secondary N) is 1. The highest BCUT2D eigenvalue weighted by molar-refractivity contribution is 6.10. The summed E-state index contributed by atoms with van der Waals surface area (Å²) in [6, 6.07) is 7.88. The number of carbonyl (C=O) groups excluding carboxylic acids is 1. The van der Waals surface area contributed by atoms with Crippen LogP contribution in [0.3, 0.4) is 0 Å². The van der Waals surface area contributed by atoms with Gasteiger partial charge >= 0.3 is 0 Å². The number of H-pyrrole nitrogens is 1. The van der Waals surface area contributed by atoms with Crippen molar-refractivity contribution in [2.45, 2.75) is 38.7 Å². The van der Waals surface area contributed by atoms with Crippen LogP contribution in [-0.2, 0) is 28.9 Å². The van der Waals surface area contributed by atoms with Crippen LogP contribution in [0.15, 0.2) is 35.3 Å². The highest BCUT2D eigenvalue weighted by atomic mass is 16.5. The highest BCUT2D eigenvalue weighted by Crippen LogP contribution is 2.32. The number of nitrogens with zero attached hydrogens (tertiary/aromatic N) is 4. The monoisotopic (exact) mass is 473 g/mol. The van der Waals surface area contributed by atoms with Gasteiger partial charge < -0.3 is 14.5 Å². The number of amides is 1. The Morgan fingerprint density at radius 1 is 1.29 bits per heavy atom. The molecule has 2 aliphatic heterocycles. The second-order valence-corrected chi connectivity index (χ2v) is 9.19. The van der Waals surface area contributed by atoms with Gasteiger partial charge in [-0.05, 0) is 48.1 Å². The Bertz CT molecular complexity index is 1520. The number of methoxy groups -OCH3 is 1. The van der Waals surface area contributed by atoms with E-state index in [0.717, 1.165) is 41.5 Å². The molecule has 1 N–H and O–H groups in total. The first kappa shape index (κ1) is 21.9. The molecule has 0 bridgehead atoms. The van der Waals surface area contributed by atoms with Crippen LogP contribution < -0.4 is 10.5 Å². The van der Waals surface area contributed by atoms with Crippen molar-refractivity contribution in [2.24, 2.45) is 0 Å². The van der Waals surface area contributed by atoms with E-state index >= 15 is 0 Å². The summed E-state index contributed by atoms with van der Waals surface area (Å²) in [4.78, 5) is 41.2. The Morgan fingerprint density at radius 3 is 2.94 bits per heavy atom. The number of carbonyl (C=O) groups is 1. The average molecular weight is 474 g/mol. The fraction of sp³-hybridized carbons (Fsp3) is 0.385. The van der Waals surface area contributed by atoms with Gasteiger partial charge in [0, 0.05) is 32.4 Å². The molecule has 1 amide bonds. The number of benzene rings is 1. The lowest BCUT2D eigenvalue weighted by molar-refractivity contribution is 0.0985. The molecule has 9 nitrogen and oxygen atoms in total. The minimum Gasteiger partial charge on any atom is -0.381 e. The molecule has 35 heavy (non-hydrogen) atoms. The van der Waals surface area contributed by atoms with Gasteiger partial charge in [0.1, 0.15) is 17.2 Å². The van der Waals surface area contributed by atoms with Crippen LogP contribution in [0.1, 0.15) is 52.3 Å². The number of rotatable bonds is 5. The van der Waals surface area contributed by atoms with Gasteiger partial charge in [-0.15, -0.1) is 0 Å². The van der Waals surface area contributed by atoms with E-state index in [-0.39, 0.29) is 28.6 Å². The van der Waals surface area contributed by atoms with E-state index in [1.165, 1.54) is 0 Å². The van der Waals surface area contributed by atoms with Gasteiger partial charge in [-0.1, -0.05) is 19.1 Å². The van der Waals surface area contributed by atoms with Crippen molar-refractivity contribution in [1.29, 1.82) is 0 Å². The lowest BCUT2D eigenvalue weighted by Gasteiger charge is -2.15. The van der Waals surface area contributed by atoms with Gasteiger partial charge in [0.05, 0.1) is 24.2 Å². The van der Waals surface area contributed by atoms with E-state index in [9.17, 15) is 9.59 Å². The first-order valence-corrected chi connectivity index (χ1v) is 12.0. The maximum absolute atomic E-state index is 13.9. The second kappa shape index (κ2) is 8.58. The van der Waals surface area contributed by atoms with Crippen LogP contribution in [0.5, 0.6) is 0 Å². The maximum atomic E-state index is 13.9. The third-order valence-electron chi connectivity index (χ3n) is 6.99. The molecule has 1 unspecified atom stereocenters. The minimum absolute atomic E-state index is 0.00349. The molecule has 5 heterocycles. The number of imidazole rings is 1. The van der Waals surface area contributed by atoms with Crippen molar-refractivity contribution in [2.75, 3.05) is 31.8 Å². The third-order valence-corrected chi connectivity index (χ3v) is 6.99. The lowest BCUT2D eigenvalue weighted by Crippen LogP contribution is -2.31. The molecule has 2 aliphatic rings. The predicted octanol–water partition coefficient (Wildman–Crippen LogP) is 2.99. The number of pyridine rings is 1. The van der Waals surface area contributed by atoms with Crippen molar-refractivity contribution in [3.05, 3.63) is 69.0 Å². The quantitative estimate of drug-likeness (QED) is 0.478. The van der Waals surface area contributed by atoms with Gasteiger partial charge in [0.15, 0.2) is 5.69 Å². The van der Waals surface area contributed by atoms with Gasteiger partial charge in [-0.3, -0.25) is 18.9 Å². The van der Waals surface area contributed by atoms with Gasteiger partial charge in [-0.2, -0.15) is 0 Å². The van der Waals surface area contributed by atoms with Crippen LogP contribution in [-0.4, -0.2) is 52.1 Å². The molecule has 0 radical (unpaired) electrons. The molecular formula is C26H27N5O4. The minimum atomic E-state index is -0.341. The molecule has 1 aromatic carbocycles. The van der Waals surface area contributed by atoms with Crippen LogP contribution >= 0.6 is 0 Å². The molecular weight excluding hydrogens is 446 g/mol. The van der Waals surface area contributed by atoms with Gasteiger partial charge in [-0.25, -0.2) is 9.97 Å². The van der Waals surface area contributed by atoms with Crippen LogP contribution in [0, 0.1) is 0 Å². The third kappa shape index (κ3) is 3.54. The lowest BCUT2D eigenvalue weighted by atomic mass is 10.1. The fourth-order valence-corrected chi connectivity index (χ4v) is 5.19. The molecule has 180 valence electrons. The van der Waals surface area contributed by atoms with Crippen molar-refractivity contribution in [1.82, 2.24) is 19.4 Å². The summed E-state index contributed by atoms with van der Waals surface area (Å²) in [5, 5.41) is 0. The van der Waals surface area contributed by atoms with Gasteiger partial charge in [0.25, 0.3) is 11.5 Å². The van der Waals surface area contributed by atoms with E-state index in [2.05, 4.69) is 23.0 Å². The van der Waals surface area contributed by atoms with E-state index in [1.807, 2.05) is 28.8 Å². The zero-order chi connectivity index (χ0) is 24.1. The second-order valence-electron chi connectivity index (χ2n) is 9.19. The largest absolute Gasteiger partial charge is 0.381 e. The summed E-state index contributed by atoms with van der Waals surface area (Å²) in [5.74, 6) is 1.02. The predicted molar refractivity (Wildman–Crippen MR) is 131 cm³/mol. The number of aromatic nitrogens is 4. The van der Waals surface area contributed by atoms with Crippen LogP contribution in [0.4, 0.5) is 5.82 Å². The number of ether oxygens (including phenoxy) is 2.